The number of halogens is 4. The van der Waals surface area contributed by atoms with Crippen molar-refractivity contribution in [3.05, 3.63) is 59.4 Å². The molecular formula is C17H16ClF3N4O2. The van der Waals surface area contributed by atoms with Crippen LogP contribution in [0.5, 0.6) is 5.75 Å². The van der Waals surface area contributed by atoms with Gasteiger partial charge in [0, 0.05) is 24.7 Å². The Hall–Kier alpha value is -2.81. The molecule has 0 spiro atoms. The monoisotopic (exact) mass is 400 g/mol. The molecule has 2 N–H and O–H groups in total. The normalized spacial score (nSPS) is 10.6. The van der Waals surface area contributed by atoms with E-state index in [4.69, 9.17) is 16.3 Å². The Kier molecular flexibility index (Phi) is 7.42. The molecule has 144 valence electrons. The number of aromatic nitrogens is 2. The molecule has 0 fully saturated rings. The molecule has 10 heteroatoms. The van der Waals surface area contributed by atoms with Crippen LogP contribution in [-0.2, 0) is 4.79 Å². The third kappa shape index (κ3) is 6.78. The van der Waals surface area contributed by atoms with Gasteiger partial charge in [0.25, 0.3) is 12.3 Å². The lowest BCUT2D eigenvalue weighted by atomic mass is 10.3. The van der Waals surface area contributed by atoms with E-state index in [-0.39, 0.29) is 17.4 Å². The topological polar surface area (TPSA) is 76.1 Å². The molecule has 0 aliphatic heterocycles. The maximum absolute atomic E-state index is 13.3. The number of nitrogens with zero attached hydrogens (tertiary/aromatic N) is 2. The van der Waals surface area contributed by atoms with Gasteiger partial charge < -0.3 is 15.4 Å². The number of nitrogens with one attached hydrogen (secondary N) is 2. The summed E-state index contributed by atoms with van der Waals surface area (Å²) in [7, 11) is 0. The van der Waals surface area contributed by atoms with Crippen molar-refractivity contribution in [2.24, 2.45) is 0 Å². The van der Waals surface area contributed by atoms with Crippen molar-refractivity contribution in [1.82, 2.24) is 15.3 Å². The van der Waals surface area contributed by atoms with E-state index < -0.39 is 23.8 Å². The van der Waals surface area contributed by atoms with Crippen molar-refractivity contribution in [2.75, 3.05) is 18.5 Å². The number of ether oxygens (including phenoxy) is 1. The van der Waals surface area contributed by atoms with Gasteiger partial charge >= 0.3 is 0 Å². The van der Waals surface area contributed by atoms with E-state index in [0.717, 1.165) is 12.3 Å². The number of alkyl halides is 2. The first kappa shape index (κ1) is 20.5. The number of benzene rings is 1. The lowest BCUT2D eigenvalue weighted by Crippen LogP contribution is -2.28. The number of carbonyl (C=O) groups excluding carboxylic acids is 1. The zero-order chi connectivity index (χ0) is 19.8. The summed E-state index contributed by atoms with van der Waals surface area (Å²) in [5.74, 6) is -0.608. The largest absolute Gasteiger partial charge is 0.484 e. The molecule has 2 rings (SSSR count). The second kappa shape index (κ2) is 9.77. The van der Waals surface area contributed by atoms with Crippen molar-refractivity contribution < 1.29 is 22.7 Å². The lowest BCUT2D eigenvalue weighted by Gasteiger charge is -2.11. The zero-order valence-electron chi connectivity index (χ0n) is 14.0. The van der Waals surface area contributed by atoms with Crippen molar-refractivity contribution >= 4 is 23.3 Å². The summed E-state index contributed by atoms with van der Waals surface area (Å²) in [6, 6.07) is 3.85. The number of hydrogen-bond donors (Lipinski definition) is 2. The van der Waals surface area contributed by atoms with Gasteiger partial charge in [-0.1, -0.05) is 18.2 Å². The minimum absolute atomic E-state index is 0.0405. The van der Waals surface area contributed by atoms with Gasteiger partial charge in [-0.2, -0.15) is 0 Å². The Bertz CT molecular complexity index is 803. The molecule has 27 heavy (non-hydrogen) atoms. The van der Waals surface area contributed by atoms with Crippen molar-refractivity contribution in [1.29, 1.82) is 0 Å². The van der Waals surface area contributed by atoms with Crippen molar-refractivity contribution in [3.8, 4) is 5.75 Å². The Labute approximate surface area is 158 Å². The van der Waals surface area contributed by atoms with E-state index in [1.54, 1.807) is 0 Å². The second-order valence-electron chi connectivity index (χ2n) is 5.32. The van der Waals surface area contributed by atoms with Crippen LogP contribution in [-0.4, -0.2) is 29.0 Å². The van der Waals surface area contributed by atoms with Crippen LogP contribution in [0, 0.1) is 5.82 Å². The highest BCUT2D eigenvalue weighted by Gasteiger charge is 2.09. The van der Waals surface area contributed by atoms with E-state index in [0.29, 0.717) is 24.5 Å². The third-order valence-electron chi connectivity index (χ3n) is 3.21. The summed E-state index contributed by atoms with van der Waals surface area (Å²) in [5.41, 5.74) is 0.00772. The molecule has 0 aliphatic rings. The minimum atomic E-state index is -2.67. The Morgan fingerprint density at radius 2 is 2.07 bits per heavy atom. The van der Waals surface area contributed by atoms with E-state index in [2.05, 4.69) is 27.2 Å². The highest BCUT2D eigenvalue weighted by molar-refractivity contribution is 6.30. The average molecular weight is 401 g/mol. The highest BCUT2D eigenvalue weighted by Crippen LogP contribution is 2.20. The highest BCUT2D eigenvalue weighted by atomic mass is 35.5. The first-order valence-corrected chi connectivity index (χ1v) is 8.12. The van der Waals surface area contributed by atoms with Crippen LogP contribution in [0.25, 0.3) is 0 Å². The van der Waals surface area contributed by atoms with Gasteiger partial charge in [0.15, 0.2) is 6.61 Å². The maximum Gasteiger partial charge on any atom is 0.281 e. The molecule has 0 saturated heterocycles. The van der Waals surface area contributed by atoms with E-state index >= 15 is 0 Å². The van der Waals surface area contributed by atoms with Crippen LogP contribution < -0.4 is 15.4 Å². The molecule has 0 unspecified atom stereocenters. The molecule has 0 radical (unpaired) electrons. The first-order valence-electron chi connectivity index (χ1n) is 7.74. The quantitative estimate of drug-likeness (QED) is 0.671. The lowest BCUT2D eigenvalue weighted by molar-refractivity contribution is -0.122. The SMILES string of the molecule is C=C(CCNc1cnc(C(F)F)cn1)NC(=O)COc1ccc(Cl)c(F)c1. The fourth-order valence-electron chi connectivity index (χ4n) is 1.89. The number of amides is 1. The molecule has 1 aromatic heterocycles. The summed E-state index contributed by atoms with van der Waals surface area (Å²) in [6.07, 6.45) is -0.129. The van der Waals surface area contributed by atoms with Crippen LogP contribution >= 0.6 is 11.6 Å². The fourth-order valence-corrected chi connectivity index (χ4v) is 2.01. The molecule has 0 atom stereocenters. The maximum atomic E-state index is 13.3. The van der Waals surface area contributed by atoms with Gasteiger partial charge in [0.2, 0.25) is 0 Å². The smallest absolute Gasteiger partial charge is 0.281 e. The molecule has 6 nitrogen and oxygen atoms in total. The van der Waals surface area contributed by atoms with Gasteiger partial charge in [0.05, 0.1) is 17.4 Å². The predicted octanol–water partition coefficient (Wildman–Crippen LogP) is 3.72. The zero-order valence-corrected chi connectivity index (χ0v) is 14.8. The molecule has 1 aromatic carbocycles. The van der Waals surface area contributed by atoms with Crippen molar-refractivity contribution in [2.45, 2.75) is 12.8 Å². The standard InChI is InChI=1S/C17H16ClF3N4O2/c1-10(4-5-22-15-8-23-14(7-24-15)17(20)21)25-16(26)9-27-11-2-3-12(18)13(19)6-11/h2-3,6-8,17H,1,4-5,9H2,(H,22,24)(H,25,26). The summed E-state index contributed by atoms with van der Waals surface area (Å²) >= 11 is 5.56. The number of rotatable bonds is 9. The fraction of sp³-hybridized carbons (Fsp3) is 0.235. The summed E-state index contributed by atoms with van der Waals surface area (Å²) < 4.78 is 43.2. The Morgan fingerprint density at radius 1 is 1.30 bits per heavy atom. The number of carbonyl (C=O) groups is 1. The Morgan fingerprint density at radius 3 is 2.70 bits per heavy atom. The minimum Gasteiger partial charge on any atom is -0.484 e. The Balaban J connectivity index is 1.68. The first-order chi connectivity index (χ1) is 12.8. The molecular weight excluding hydrogens is 385 g/mol. The summed E-state index contributed by atoms with van der Waals surface area (Å²) in [4.78, 5) is 19.2. The predicted molar refractivity (Wildman–Crippen MR) is 94.3 cm³/mol. The van der Waals surface area contributed by atoms with E-state index in [1.165, 1.54) is 18.3 Å². The van der Waals surface area contributed by atoms with Crippen LogP contribution in [0.4, 0.5) is 19.0 Å². The van der Waals surface area contributed by atoms with Crippen LogP contribution in [0.15, 0.2) is 42.9 Å². The second-order valence-corrected chi connectivity index (χ2v) is 5.73. The van der Waals surface area contributed by atoms with Gasteiger partial charge in [-0.25, -0.2) is 23.1 Å². The number of anilines is 1. The van der Waals surface area contributed by atoms with Gasteiger partial charge in [-0.05, 0) is 12.1 Å². The van der Waals surface area contributed by atoms with Crippen LogP contribution in [0.3, 0.4) is 0 Å². The molecule has 1 heterocycles. The molecule has 2 aromatic rings. The average Bonchev–Trinajstić information content (AvgIpc) is 2.63. The van der Waals surface area contributed by atoms with Gasteiger partial charge in [-0.3, -0.25) is 4.79 Å². The van der Waals surface area contributed by atoms with E-state index in [1.807, 2.05) is 0 Å². The molecule has 0 aliphatic carbocycles. The van der Waals surface area contributed by atoms with Crippen molar-refractivity contribution in [3.63, 3.8) is 0 Å². The molecule has 0 bridgehead atoms. The summed E-state index contributed by atoms with van der Waals surface area (Å²) in [5, 5.41) is 5.36. The van der Waals surface area contributed by atoms with Gasteiger partial charge in [0.1, 0.15) is 23.1 Å². The molecule has 0 saturated carbocycles. The van der Waals surface area contributed by atoms with Crippen LogP contribution in [0.1, 0.15) is 18.5 Å². The number of hydrogen-bond acceptors (Lipinski definition) is 5. The van der Waals surface area contributed by atoms with Gasteiger partial charge in [-0.15, -0.1) is 0 Å². The summed E-state index contributed by atoms with van der Waals surface area (Å²) in [6.45, 7) is 3.73. The van der Waals surface area contributed by atoms with E-state index in [9.17, 15) is 18.0 Å². The third-order valence-corrected chi connectivity index (χ3v) is 3.51. The van der Waals surface area contributed by atoms with Crippen LogP contribution in [0.2, 0.25) is 5.02 Å². The molecule has 1 amide bonds.